The van der Waals surface area contributed by atoms with Crippen LogP contribution < -0.4 is 5.32 Å². The average molecular weight is 462 g/mol. The quantitative estimate of drug-likeness (QED) is 0.550. The molecule has 1 aliphatic heterocycles. The Labute approximate surface area is 187 Å². The first kappa shape index (κ1) is 22.8. The van der Waals surface area contributed by atoms with Crippen molar-refractivity contribution >= 4 is 11.7 Å². The van der Waals surface area contributed by atoms with Crippen molar-refractivity contribution in [1.29, 1.82) is 0 Å². The van der Waals surface area contributed by atoms with Gasteiger partial charge in [0.1, 0.15) is 5.82 Å². The van der Waals surface area contributed by atoms with Gasteiger partial charge in [-0.05, 0) is 35.9 Å². The number of fused-ring (bicyclic) bond motifs is 1. The molecule has 1 aromatic heterocycles. The number of hydrogen-bond acceptors (Lipinski definition) is 3. The van der Waals surface area contributed by atoms with Crippen LogP contribution in [0.2, 0.25) is 0 Å². The number of amides is 2. The Bertz CT molecular complexity index is 1160. The van der Waals surface area contributed by atoms with Crippen molar-refractivity contribution < 1.29 is 27.1 Å². The van der Waals surface area contributed by atoms with E-state index in [1.54, 1.807) is 16.8 Å². The molecule has 10 heteroatoms. The van der Waals surface area contributed by atoms with Crippen LogP contribution in [-0.2, 0) is 44.1 Å². The zero-order chi connectivity index (χ0) is 23.6. The molecule has 1 aliphatic rings. The zero-order valence-electron chi connectivity index (χ0n) is 17.8. The molecule has 174 valence electrons. The molecular formula is C23H22F4N4O2. The minimum absolute atomic E-state index is 0.0745. The lowest BCUT2D eigenvalue weighted by molar-refractivity contribution is -0.137. The topological polar surface area (TPSA) is 59.4 Å². The van der Waals surface area contributed by atoms with Gasteiger partial charge in [0.05, 0.1) is 31.0 Å². The highest BCUT2D eigenvalue weighted by atomic mass is 19.4. The molecule has 0 atom stereocenters. The van der Waals surface area contributed by atoms with Crippen LogP contribution in [0.4, 0.5) is 28.0 Å². The van der Waals surface area contributed by atoms with Crippen molar-refractivity contribution in [3.8, 4) is 0 Å². The van der Waals surface area contributed by atoms with Gasteiger partial charge in [-0.2, -0.15) is 18.3 Å². The smallest absolute Gasteiger partial charge is 0.370 e. The maximum absolute atomic E-state index is 13.3. The number of hydrogen-bond donors (Lipinski definition) is 1. The van der Waals surface area contributed by atoms with Crippen molar-refractivity contribution in [2.45, 2.75) is 32.4 Å². The molecule has 0 unspecified atom stereocenters. The predicted molar refractivity (Wildman–Crippen MR) is 113 cm³/mol. The number of halogens is 4. The summed E-state index contributed by atoms with van der Waals surface area (Å²) in [6.07, 6.45) is -3.93. The number of alkyl halides is 3. The van der Waals surface area contributed by atoms with Crippen molar-refractivity contribution in [2.75, 3.05) is 11.9 Å². The van der Waals surface area contributed by atoms with Crippen molar-refractivity contribution in [2.24, 2.45) is 7.05 Å². The third-order valence-electron chi connectivity index (χ3n) is 5.45. The van der Waals surface area contributed by atoms with E-state index in [2.05, 4.69) is 10.4 Å². The third-order valence-corrected chi connectivity index (χ3v) is 5.45. The van der Waals surface area contributed by atoms with E-state index < -0.39 is 17.8 Å². The number of ether oxygens (including phenoxy) is 1. The fourth-order valence-corrected chi connectivity index (χ4v) is 3.83. The number of carbonyl (C=O) groups excluding carboxylic acids is 1. The Hall–Kier alpha value is -3.40. The largest absolute Gasteiger partial charge is 0.416 e. The summed E-state index contributed by atoms with van der Waals surface area (Å²) in [7, 11) is 1.81. The SMILES string of the molecule is Cn1nc(COCc2cccc(F)c2)c2c1CCN(C(=O)Nc1cccc(C(F)(F)F)c1)C2. The number of rotatable bonds is 5. The Kier molecular flexibility index (Phi) is 6.37. The van der Waals surface area contributed by atoms with E-state index in [0.717, 1.165) is 23.4 Å². The molecule has 0 radical (unpaired) electrons. The van der Waals surface area contributed by atoms with Gasteiger partial charge in [0.2, 0.25) is 0 Å². The molecule has 1 N–H and O–H groups in total. The molecule has 6 nitrogen and oxygen atoms in total. The number of nitrogens with zero attached hydrogens (tertiary/aromatic N) is 3. The van der Waals surface area contributed by atoms with Gasteiger partial charge in [-0.15, -0.1) is 0 Å². The Morgan fingerprint density at radius 2 is 1.94 bits per heavy atom. The highest BCUT2D eigenvalue weighted by Gasteiger charge is 2.31. The van der Waals surface area contributed by atoms with Crippen LogP contribution >= 0.6 is 0 Å². The molecule has 0 bridgehead atoms. The average Bonchev–Trinajstić information content (AvgIpc) is 3.08. The van der Waals surface area contributed by atoms with Gasteiger partial charge < -0.3 is 15.0 Å². The van der Waals surface area contributed by atoms with Gasteiger partial charge in [-0.1, -0.05) is 18.2 Å². The van der Waals surface area contributed by atoms with Crippen LogP contribution in [0.3, 0.4) is 0 Å². The minimum Gasteiger partial charge on any atom is -0.370 e. The van der Waals surface area contributed by atoms with E-state index in [0.29, 0.717) is 24.2 Å². The molecule has 2 aromatic carbocycles. The number of urea groups is 1. The molecule has 2 amide bonds. The van der Waals surface area contributed by atoms with Gasteiger partial charge in [-0.3, -0.25) is 4.68 Å². The van der Waals surface area contributed by atoms with Crippen molar-refractivity contribution in [3.63, 3.8) is 0 Å². The highest BCUT2D eigenvalue weighted by Crippen LogP contribution is 2.31. The second kappa shape index (κ2) is 9.22. The zero-order valence-corrected chi connectivity index (χ0v) is 17.8. The molecule has 33 heavy (non-hydrogen) atoms. The van der Waals surface area contributed by atoms with Crippen LogP contribution in [0.1, 0.15) is 28.1 Å². The molecule has 4 rings (SSSR count). The Balaban J connectivity index is 1.42. The van der Waals surface area contributed by atoms with Crippen molar-refractivity contribution in [3.05, 3.63) is 82.4 Å². The Morgan fingerprint density at radius 3 is 2.70 bits per heavy atom. The fourth-order valence-electron chi connectivity index (χ4n) is 3.83. The fraction of sp³-hybridized carbons (Fsp3) is 0.304. The number of nitrogens with one attached hydrogen (secondary N) is 1. The monoisotopic (exact) mass is 462 g/mol. The van der Waals surface area contributed by atoms with Crippen LogP contribution in [0.25, 0.3) is 0 Å². The lowest BCUT2D eigenvalue weighted by Crippen LogP contribution is -2.39. The number of anilines is 1. The molecular weight excluding hydrogens is 440 g/mol. The van der Waals surface area contributed by atoms with Crippen LogP contribution in [0.15, 0.2) is 48.5 Å². The summed E-state index contributed by atoms with van der Waals surface area (Å²) < 4.78 is 59.6. The van der Waals surface area contributed by atoms with E-state index in [9.17, 15) is 22.4 Å². The van der Waals surface area contributed by atoms with Gasteiger partial charge >= 0.3 is 12.2 Å². The molecule has 0 saturated heterocycles. The normalized spacial score (nSPS) is 13.7. The summed E-state index contributed by atoms with van der Waals surface area (Å²) in [5.74, 6) is -0.339. The first-order valence-electron chi connectivity index (χ1n) is 10.3. The van der Waals surface area contributed by atoms with E-state index in [1.165, 1.54) is 29.2 Å². The van der Waals surface area contributed by atoms with E-state index in [-0.39, 0.29) is 31.3 Å². The first-order chi connectivity index (χ1) is 15.7. The summed E-state index contributed by atoms with van der Waals surface area (Å²) in [6.45, 7) is 1.05. The summed E-state index contributed by atoms with van der Waals surface area (Å²) in [4.78, 5) is 14.3. The molecule has 0 aliphatic carbocycles. The lowest BCUT2D eigenvalue weighted by Gasteiger charge is -2.28. The second-order valence-electron chi connectivity index (χ2n) is 7.80. The number of aryl methyl sites for hydroxylation is 1. The lowest BCUT2D eigenvalue weighted by atomic mass is 10.1. The number of aromatic nitrogens is 2. The molecule has 0 fully saturated rings. The van der Waals surface area contributed by atoms with Crippen LogP contribution in [0, 0.1) is 5.82 Å². The van der Waals surface area contributed by atoms with Gasteiger partial charge in [0, 0.05) is 37.0 Å². The number of carbonyl (C=O) groups is 1. The van der Waals surface area contributed by atoms with Crippen LogP contribution in [0.5, 0.6) is 0 Å². The maximum atomic E-state index is 13.3. The van der Waals surface area contributed by atoms with E-state index >= 15 is 0 Å². The highest BCUT2D eigenvalue weighted by molar-refractivity contribution is 5.89. The minimum atomic E-state index is -4.49. The first-order valence-corrected chi connectivity index (χ1v) is 10.3. The van der Waals surface area contributed by atoms with E-state index in [1.807, 2.05) is 7.05 Å². The van der Waals surface area contributed by atoms with Gasteiger partial charge in [0.25, 0.3) is 0 Å². The van der Waals surface area contributed by atoms with Crippen LogP contribution in [-0.4, -0.2) is 27.3 Å². The van der Waals surface area contributed by atoms with E-state index in [4.69, 9.17) is 4.74 Å². The summed E-state index contributed by atoms with van der Waals surface area (Å²) in [5, 5.41) is 7.04. The number of benzene rings is 2. The summed E-state index contributed by atoms with van der Waals surface area (Å²) >= 11 is 0. The standard InChI is InChI=1S/C23H22F4N4O2/c1-30-21-8-9-31(22(32)28-18-7-3-5-16(11-18)23(25,26)27)12-19(21)20(29-30)14-33-13-15-4-2-6-17(24)10-15/h2-7,10-11H,8-9,12-14H2,1H3,(H,28,32). The molecule has 0 spiro atoms. The molecule has 0 saturated carbocycles. The molecule has 2 heterocycles. The summed E-state index contributed by atoms with van der Waals surface area (Å²) in [5.41, 5.74) is 2.43. The second-order valence-corrected chi connectivity index (χ2v) is 7.80. The van der Waals surface area contributed by atoms with Gasteiger partial charge in [0.15, 0.2) is 0 Å². The Morgan fingerprint density at radius 1 is 1.15 bits per heavy atom. The molecule has 3 aromatic rings. The summed E-state index contributed by atoms with van der Waals surface area (Å²) in [6, 6.07) is 10.2. The van der Waals surface area contributed by atoms with Gasteiger partial charge in [-0.25, -0.2) is 9.18 Å². The van der Waals surface area contributed by atoms with Crippen molar-refractivity contribution in [1.82, 2.24) is 14.7 Å². The third kappa shape index (κ3) is 5.33. The predicted octanol–water partition coefficient (Wildman–Crippen LogP) is 4.89. The maximum Gasteiger partial charge on any atom is 0.416 e.